The molecule has 0 aromatic heterocycles. The van der Waals surface area contributed by atoms with Gasteiger partial charge in [0.15, 0.2) is 0 Å². The Kier molecular flexibility index (Phi) is 15.1. The summed E-state index contributed by atoms with van der Waals surface area (Å²) < 4.78 is 34.4. The minimum atomic E-state index is -5.75. The Morgan fingerprint density at radius 2 is 0.846 bits per heavy atom. The number of hydrogen-bond acceptors (Lipinski definition) is 8. The second-order valence-corrected chi connectivity index (χ2v) is 8.39. The van der Waals surface area contributed by atoms with Crippen molar-refractivity contribution in [2.75, 3.05) is 0 Å². The smallest absolute Gasteiger partial charge is 2.00 e. The molecule has 0 spiro atoms. The molecule has 0 saturated carbocycles. The maximum atomic E-state index is 11.8. The average Bonchev–Trinajstić information content (AvgIpc) is 2.84. The van der Waals surface area contributed by atoms with Gasteiger partial charge in [0.25, 0.3) is 0 Å². The molecule has 0 fully saturated rings. The third-order valence-electron chi connectivity index (χ3n) is 4.66. The summed E-state index contributed by atoms with van der Waals surface area (Å²) in [6, 6.07) is 27.1. The Morgan fingerprint density at radius 1 is 0.564 bits per heavy atom. The molecule has 201 valence electrons. The fourth-order valence-corrected chi connectivity index (χ4v) is 3.10. The molecule has 39 heavy (non-hydrogen) atoms. The molecule has 4 aromatic carbocycles. The van der Waals surface area contributed by atoms with Crippen molar-refractivity contribution in [3.63, 3.8) is 0 Å². The predicted molar refractivity (Wildman–Crippen MR) is 118 cm³/mol. The standard InChI is InChI=1S/2C13H10O3.Cr.Cu.4O.Zn/c2*14-12-10(9-5-2-1-3-6-9)7-4-8-11(12)13(15)16;;;;;;;/h2*1-8,14H,(H,15,16);;;;;;;/q;;;+2;;;2*-1;+2/p-2. The summed E-state index contributed by atoms with van der Waals surface area (Å²) in [5, 5.41) is 41.3. The van der Waals surface area contributed by atoms with Gasteiger partial charge >= 0.3 is 78.0 Å². The maximum Gasteiger partial charge on any atom is 2.00 e. The van der Waals surface area contributed by atoms with Crippen LogP contribution in [-0.4, -0.2) is 22.2 Å². The molecule has 2 N–H and O–H groups in total. The second-order valence-electron chi connectivity index (χ2n) is 7.12. The van der Waals surface area contributed by atoms with Gasteiger partial charge in [-0.3, -0.25) is 0 Å². The fourth-order valence-electron chi connectivity index (χ4n) is 3.10. The SMILES string of the molecule is O=C(O)c1cccc(-c2ccccc2)c1[O-].O=C(O)c1cccc(-c2ccccc2)c1[O-].[Cu+2].[O]=[Cr](=[O])([O-])[O-].[Zn+2]. The Bertz CT molecular complexity index is 1370. The molecule has 0 atom stereocenters. The van der Waals surface area contributed by atoms with Crippen LogP contribution in [0.25, 0.3) is 22.3 Å². The van der Waals surface area contributed by atoms with Crippen LogP contribution in [0.5, 0.6) is 11.5 Å². The van der Waals surface area contributed by atoms with Crippen LogP contribution in [-0.2, 0) is 57.8 Å². The molecule has 0 aliphatic rings. The van der Waals surface area contributed by atoms with E-state index >= 15 is 0 Å². The second kappa shape index (κ2) is 16.5. The van der Waals surface area contributed by atoms with Crippen molar-refractivity contribution in [3.05, 3.63) is 108 Å². The topological polar surface area (TPSA) is 201 Å². The van der Waals surface area contributed by atoms with Crippen LogP contribution in [0.4, 0.5) is 0 Å². The van der Waals surface area contributed by atoms with E-state index in [4.69, 9.17) is 26.1 Å². The molecule has 0 aliphatic heterocycles. The number of aromatic carboxylic acids is 2. The van der Waals surface area contributed by atoms with E-state index in [1.165, 1.54) is 12.1 Å². The zero-order valence-corrected chi connectivity index (χ0v) is 25.0. The quantitative estimate of drug-likeness (QED) is 0.301. The number of rotatable bonds is 4. The Balaban J connectivity index is 0.000000606. The van der Waals surface area contributed by atoms with Gasteiger partial charge in [-0.15, -0.1) is 0 Å². The minimum absolute atomic E-state index is 0. The number of hydrogen-bond donors (Lipinski definition) is 2. The van der Waals surface area contributed by atoms with Gasteiger partial charge in [0, 0.05) is 0 Å². The fraction of sp³-hybridized carbons (Fsp3) is 0. The van der Waals surface area contributed by atoms with Crippen LogP contribution in [0.3, 0.4) is 0 Å². The van der Waals surface area contributed by atoms with E-state index in [-0.39, 0.29) is 47.7 Å². The van der Waals surface area contributed by atoms with E-state index in [9.17, 15) is 19.8 Å². The first-order valence-corrected chi connectivity index (χ1v) is 12.3. The predicted octanol–water partition coefficient (Wildman–Crippen LogP) is 1.63. The molecule has 0 heterocycles. The van der Waals surface area contributed by atoms with Crippen molar-refractivity contribution in [2.45, 2.75) is 0 Å². The number of carboxylic acids is 2. The molecule has 0 bridgehead atoms. The Morgan fingerprint density at radius 3 is 1.10 bits per heavy atom. The molecule has 4 aromatic rings. The molecule has 10 nitrogen and oxygen atoms in total. The molecular formula is C26H18CrCuO10Zn. The summed E-state index contributed by atoms with van der Waals surface area (Å²) in [6.45, 7) is 0. The summed E-state index contributed by atoms with van der Waals surface area (Å²) in [7, 11) is 0. The number of carbonyl (C=O) groups is 2. The average molecular weight is 671 g/mol. The molecule has 0 saturated heterocycles. The minimum Gasteiger partial charge on any atom is 2.00 e. The van der Waals surface area contributed by atoms with E-state index in [0.717, 1.165) is 11.1 Å². The third kappa shape index (κ3) is 11.5. The molecule has 1 radical (unpaired) electrons. The summed E-state index contributed by atoms with van der Waals surface area (Å²) in [5.74, 6) is -3.27. The van der Waals surface area contributed by atoms with Gasteiger partial charge in [-0.1, -0.05) is 96.4 Å². The van der Waals surface area contributed by atoms with Gasteiger partial charge in [-0.2, -0.15) is 0 Å². The Hall–Kier alpha value is -3.38. The van der Waals surface area contributed by atoms with E-state index < -0.39 is 37.1 Å². The first-order chi connectivity index (χ1) is 17.4. The van der Waals surface area contributed by atoms with Crippen LogP contribution >= 0.6 is 0 Å². The molecular weight excluding hydrogens is 653 g/mol. The van der Waals surface area contributed by atoms with E-state index in [1.807, 2.05) is 36.4 Å². The zero-order chi connectivity index (χ0) is 27.6. The number of para-hydroxylation sites is 2. The van der Waals surface area contributed by atoms with Gasteiger partial charge in [-0.05, 0) is 34.4 Å². The van der Waals surface area contributed by atoms with Gasteiger partial charge in [0.1, 0.15) is 0 Å². The van der Waals surface area contributed by atoms with Crippen LogP contribution in [0.1, 0.15) is 20.7 Å². The molecule has 0 unspecified atom stereocenters. The molecule has 4 rings (SSSR count). The number of benzene rings is 4. The molecule has 13 heteroatoms. The zero-order valence-electron chi connectivity index (χ0n) is 19.8. The van der Waals surface area contributed by atoms with Crippen LogP contribution in [0, 0.1) is 0 Å². The van der Waals surface area contributed by atoms with E-state index in [0.29, 0.717) is 11.1 Å². The largest absolute Gasteiger partial charge is 2.00 e. The van der Waals surface area contributed by atoms with Crippen LogP contribution < -0.4 is 18.5 Å². The van der Waals surface area contributed by atoms with E-state index in [2.05, 4.69) is 0 Å². The summed E-state index contributed by atoms with van der Waals surface area (Å²) in [5.41, 5.74) is 1.91. The van der Waals surface area contributed by atoms with Crippen molar-refractivity contribution in [3.8, 4) is 33.8 Å². The van der Waals surface area contributed by atoms with Crippen LogP contribution in [0.2, 0.25) is 0 Å². The van der Waals surface area contributed by atoms with Crippen LogP contribution in [0.15, 0.2) is 97.1 Å². The molecule has 0 aliphatic carbocycles. The van der Waals surface area contributed by atoms with Gasteiger partial charge < -0.3 is 20.4 Å². The summed E-state index contributed by atoms with van der Waals surface area (Å²) in [6.07, 6.45) is 0. The molecule has 0 amide bonds. The van der Waals surface area contributed by atoms with E-state index in [1.54, 1.807) is 48.5 Å². The summed E-state index contributed by atoms with van der Waals surface area (Å²) >= 11 is -5.75. The first-order valence-electron chi connectivity index (χ1n) is 10.2. The first kappa shape index (κ1) is 35.6. The van der Waals surface area contributed by atoms with Crippen molar-refractivity contribution in [2.24, 2.45) is 0 Å². The van der Waals surface area contributed by atoms with Crippen molar-refractivity contribution in [1.82, 2.24) is 0 Å². The Labute approximate surface area is 248 Å². The van der Waals surface area contributed by atoms with Gasteiger partial charge in [0.05, 0.1) is 11.1 Å². The van der Waals surface area contributed by atoms with Crippen molar-refractivity contribution < 1.29 is 96.1 Å². The maximum absolute atomic E-state index is 11.8. The van der Waals surface area contributed by atoms with Crippen molar-refractivity contribution >= 4 is 11.9 Å². The normalized spacial score (nSPS) is 9.69. The van der Waals surface area contributed by atoms with Gasteiger partial charge in [-0.25, -0.2) is 9.59 Å². The summed E-state index contributed by atoms with van der Waals surface area (Å²) in [4.78, 5) is 21.6. The third-order valence-corrected chi connectivity index (χ3v) is 4.66. The number of carboxylic acid groups (broad SMARTS) is 2. The monoisotopic (exact) mass is 669 g/mol. The van der Waals surface area contributed by atoms with Gasteiger partial charge in [0.2, 0.25) is 0 Å². The van der Waals surface area contributed by atoms with Crippen molar-refractivity contribution in [1.29, 1.82) is 0 Å².